The zero-order chi connectivity index (χ0) is 19.3. The molecule has 0 radical (unpaired) electrons. The molecule has 2 aromatic rings. The Morgan fingerprint density at radius 2 is 1.96 bits per heavy atom. The molecule has 1 aromatic carbocycles. The number of methoxy groups -OCH3 is 1. The SMILES string of the molecule is COC(=O)CNC(=O)c1cccc(NC(=O)c2cc([N+](=O)[O-])c(C)s2)c1. The van der Waals surface area contributed by atoms with Gasteiger partial charge in [-0.05, 0) is 25.1 Å². The van der Waals surface area contributed by atoms with Crippen LogP contribution >= 0.6 is 11.3 Å². The average Bonchev–Trinajstić information content (AvgIpc) is 3.01. The summed E-state index contributed by atoms with van der Waals surface area (Å²) in [4.78, 5) is 46.2. The number of esters is 1. The summed E-state index contributed by atoms with van der Waals surface area (Å²) in [5, 5.41) is 15.8. The van der Waals surface area contributed by atoms with Gasteiger partial charge in [0, 0.05) is 17.3 Å². The Labute approximate surface area is 152 Å². The maximum absolute atomic E-state index is 12.3. The second-order valence-corrected chi connectivity index (χ2v) is 6.36. The molecule has 26 heavy (non-hydrogen) atoms. The van der Waals surface area contributed by atoms with Gasteiger partial charge in [-0.15, -0.1) is 11.3 Å². The minimum absolute atomic E-state index is 0.115. The van der Waals surface area contributed by atoms with Crippen LogP contribution in [0.3, 0.4) is 0 Å². The Hall–Kier alpha value is -3.27. The molecule has 0 unspecified atom stereocenters. The molecule has 0 saturated carbocycles. The van der Waals surface area contributed by atoms with E-state index in [2.05, 4.69) is 15.4 Å². The Morgan fingerprint density at radius 1 is 1.23 bits per heavy atom. The van der Waals surface area contributed by atoms with Crippen LogP contribution < -0.4 is 10.6 Å². The fourth-order valence-corrected chi connectivity index (χ4v) is 2.91. The smallest absolute Gasteiger partial charge is 0.325 e. The zero-order valence-corrected chi connectivity index (χ0v) is 14.7. The molecule has 1 heterocycles. The number of benzene rings is 1. The number of hydrogen-bond acceptors (Lipinski definition) is 7. The number of nitrogens with one attached hydrogen (secondary N) is 2. The molecule has 10 heteroatoms. The molecule has 2 rings (SSSR count). The first-order valence-corrected chi connectivity index (χ1v) is 8.14. The average molecular weight is 377 g/mol. The highest BCUT2D eigenvalue weighted by molar-refractivity contribution is 7.14. The van der Waals surface area contributed by atoms with Gasteiger partial charge in [0.1, 0.15) is 6.54 Å². The molecule has 2 amide bonds. The topological polar surface area (TPSA) is 128 Å². The van der Waals surface area contributed by atoms with Crippen molar-refractivity contribution in [1.82, 2.24) is 5.32 Å². The highest BCUT2D eigenvalue weighted by atomic mass is 32.1. The second-order valence-electron chi connectivity index (χ2n) is 5.10. The molecule has 0 spiro atoms. The number of aryl methyl sites for hydroxylation is 1. The van der Waals surface area contributed by atoms with Crippen LogP contribution in [0.25, 0.3) is 0 Å². The number of ether oxygens (including phenoxy) is 1. The van der Waals surface area contributed by atoms with Gasteiger partial charge in [0.05, 0.1) is 21.8 Å². The summed E-state index contributed by atoms with van der Waals surface area (Å²) in [5.41, 5.74) is 0.463. The van der Waals surface area contributed by atoms with E-state index in [-0.39, 0.29) is 22.7 Å². The lowest BCUT2D eigenvalue weighted by molar-refractivity contribution is -0.385. The lowest BCUT2D eigenvalue weighted by Gasteiger charge is -2.07. The van der Waals surface area contributed by atoms with Crippen LogP contribution in [0, 0.1) is 17.0 Å². The van der Waals surface area contributed by atoms with Crippen molar-refractivity contribution in [2.45, 2.75) is 6.92 Å². The van der Waals surface area contributed by atoms with Crippen LogP contribution in [-0.4, -0.2) is 36.4 Å². The third kappa shape index (κ3) is 4.63. The highest BCUT2D eigenvalue weighted by Gasteiger charge is 2.19. The van der Waals surface area contributed by atoms with Crippen LogP contribution in [0.2, 0.25) is 0 Å². The third-order valence-corrected chi connectivity index (χ3v) is 4.35. The van der Waals surface area contributed by atoms with Gasteiger partial charge in [0.15, 0.2) is 0 Å². The van der Waals surface area contributed by atoms with Crippen LogP contribution in [0.4, 0.5) is 11.4 Å². The van der Waals surface area contributed by atoms with Gasteiger partial charge in [-0.3, -0.25) is 24.5 Å². The van der Waals surface area contributed by atoms with Crippen molar-refractivity contribution >= 4 is 40.5 Å². The van der Waals surface area contributed by atoms with Crippen LogP contribution in [0.15, 0.2) is 30.3 Å². The summed E-state index contributed by atoms with van der Waals surface area (Å²) in [5.74, 6) is -1.61. The number of nitrogens with zero attached hydrogens (tertiary/aromatic N) is 1. The van der Waals surface area contributed by atoms with Gasteiger partial charge in [-0.2, -0.15) is 0 Å². The summed E-state index contributed by atoms with van der Waals surface area (Å²) in [7, 11) is 1.21. The largest absolute Gasteiger partial charge is 0.468 e. The normalized spacial score (nSPS) is 10.1. The number of carbonyl (C=O) groups excluding carboxylic acids is 3. The quantitative estimate of drug-likeness (QED) is 0.451. The summed E-state index contributed by atoms with van der Waals surface area (Å²) >= 11 is 1.01. The monoisotopic (exact) mass is 377 g/mol. The molecule has 0 aliphatic rings. The molecule has 1 aromatic heterocycles. The van der Waals surface area contributed by atoms with Gasteiger partial charge < -0.3 is 15.4 Å². The summed E-state index contributed by atoms with van der Waals surface area (Å²) in [6.45, 7) is 1.29. The Kier molecular flexibility index (Phi) is 6.02. The van der Waals surface area contributed by atoms with Crippen LogP contribution in [-0.2, 0) is 9.53 Å². The second kappa shape index (κ2) is 8.21. The van der Waals surface area contributed by atoms with E-state index in [1.54, 1.807) is 19.1 Å². The zero-order valence-electron chi connectivity index (χ0n) is 13.9. The van der Waals surface area contributed by atoms with E-state index in [0.717, 1.165) is 11.3 Å². The van der Waals surface area contributed by atoms with E-state index in [0.29, 0.717) is 10.6 Å². The maximum atomic E-state index is 12.3. The first kappa shape index (κ1) is 19.1. The number of rotatable bonds is 6. The molecule has 2 N–H and O–H groups in total. The molecule has 0 bridgehead atoms. The summed E-state index contributed by atoms with van der Waals surface area (Å²) < 4.78 is 4.43. The van der Waals surface area contributed by atoms with Crippen molar-refractivity contribution < 1.29 is 24.0 Å². The standard InChI is InChI=1S/C16H15N3O6S/c1-9-12(19(23)24)7-13(26-9)16(22)18-11-5-3-4-10(6-11)15(21)17-8-14(20)25-2/h3-7H,8H2,1-2H3,(H,17,21)(H,18,22). The van der Waals surface area contributed by atoms with Crippen molar-refractivity contribution in [3.63, 3.8) is 0 Å². The van der Waals surface area contributed by atoms with Gasteiger partial charge in [-0.25, -0.2) is 0 Å². The molecule has 0 saturated heterocycles. The molecular formula is C16H15N3O6S. The van der Waals surface area contributed by atoms with Gasteiger partial charge in [0.2, 0.25) is 0 Å². The number of amides is 2. The van der Waals surface area contributed by atoms with E-state index < -0.39 is 22.7 Å². The van der Waals surface area contributed by atoms with Crippen molar-refractivity contribution in [3.05, 3.63) is 55.8 Å². The predicted octanol–water partition coefficient (Wildman–Crippen LogP) is 2.12. The number of carbonyl (C=O) groups is 3. The van der Waals surface area contributed by atoms with E-state index >= 15 is 0 Å². The fraction of sp³-hybridized carbons (Fsp3) is 0.188. The van der Waals surface area contributed by atoms with Gasteiger partial charge in [-0.1, -0.05) is 6.07 Å². The van der Waals surface area contributed by atoms with Gasteiger partial charge >= 0.3 is 5.97 Å². The third-order valence-electron chi connectivity index (χ3n) is 3.32. The van der Waals surface area contributed by atoms with Crippen LogP contribution in [0.5, 0.6) is 0 Å². The van der Waals surface area contributed by atoms with Crippen molar-refractivity contribution in [2.75, 3.05) is 19.0 Å². The first-order chi connectivity index (χ1) is 12.3. The minimum Gasteiger partial charge on any atom is -0.468 e. The Bertz CT molecular complexity index is 877. The molecule has 0 atom stereocenters. The van der Waals surface area contributed by atoms with E-state index in [4.69, 9.17) is 0 Å². The van der Waals surface area contributed by atoms with Crippen molar-refractivity contribution in [3.8, 4) is 0 Å². The minimum atomic E-state index is -0.586. The number of anilines is 1. The Morgan fingerprint density at radius 3 is 2.58 bits per heavy atom. The lowest BCUT2D eigenvalue weighted by Crippen LogP contribution is -2.30. The molecule has 0 aliphatic heterocycles. The molecule has 9 nitrogen and oxygen atoms in total. The molecule has 0 aliphatic carbocycles. The molecular weight excluding hydrogens is 362 g/mol. The maximum Gasteiger partial charge on any atom is 0.325 e. The fourth-order valence-electron chi connectivity index (χ4n) is 2.02. The lowest BCUT2D eigenvalue weighted by atomic mass is 10.2. The molecule has 0 fully saturated rings. The summed E-state index contributed by atoms with van der Waals surface area (Å²) in [6, 6.07) is 7.29. The number of nitro groups is 1. The highest BCUT2D eigenvalue weighted by Crippen LogP contribution is 2.28. The van der Waals surface area contributed by atoms with Crippen molar-refractivity contribution in [1.29, 1.82) is 0 Å². The first-order valence-electron chi connectivity index (χ1n) is 7.33. The number of thiophene rings is 1. The Balaban J connectivity index is 2.09. The number of hydrogen-bond donors (Lipinski definition) is 2. The van der Waals surface area contributed by atoms with E-state index in [1.807, 2.05) is 0 Å². The predicted molar refractivity (Wildman–Crippen MR) is 94.5 cm³/mol. The summed E-state index contributed by atoms with van der Waals surface area (Å²) in [6.07, 6.45) is 0. The molecule has 136 valence electrons. The van der Waals surface area contributed by atoms with E-state index in [9.17, 15) is 24.5 Å². The van der Waals surface area contributed by atoms with E-state index in [1.165, 1.54) is 25.3 Å². The van der Waals surface area contributed by atoms with Crippen LogP contribution in [0.1, 0.15) is 24.9 Å². The van der Waals surface area contributed by atoms with Crippen molar-refractivity contribution in [2.24, 2.45) is 0 Å². The van der Waals surface area contributed by atoms with Gasteiger partial charge in [0.25, 0.3) is 17.5 Å².